The second-order valence-electron chi connectivity index (χ2n) is 6.98. The monoisotopic (exact) mass is 445 g/mol. The number of amides is 1. The Morgan fingerprint density at radius 1 is 1.12 bits per heavy atom. The number of anilines is 1. The molecule has 0 radical (unpaired) electrons. The number of benzene rings is 1. The summed E-state index contributed by atoms with van der Waals surface area (Å²) >= 11 is 0. The molecule has 1 aromatic carbocycles. The molecule has 1 amide bonds. The first kappa shape index (κ1) is 24.1. The molecule has 0 aliphatic heterocycles. The average molecular weight is 445 g/mol. The van der Waals surface area contributed by atoms with Crippen LogP contribution >= 0.6 is 0 Å². The number of hydrogen-bond acceptors (Lipinski definition) is 6. The summed E-state index contributed by atoms with van der Waals surface area (Å²) < 4.78 is 0. The molecule has 170 valence electrons. The number of carbonyl (C=O) groups is 3. The van der Waals surface area contributed by atoms with Crippen molar-refractivity contribution in [1.29, 1.82) is 0 Å². The number of aliphatic carboxylic acids is 2. The Hall–Kier alpha value is -4.19. The van der Waals surface area contributed by atoms with Gasteiger partial charge in [0.15, 0.2) is 0 Å². The fourth-order valence-electron chi connectivity index (χ4n) is 3.19. The van der Waals surface area contributed by atoms with Crippen LogP contribution in [0.25, 0.3) is 11.0 Å². The Balaban J connectivity index is 0.00000363. The topological polar surface area (TPSA) is 223 Å². The van der Waals surface area contributed by atoms with E-state index in [1.54, 1.807) is 30.5 Å². The Labute approximate surface area is 180 Å². The Bertz CT molecular complexity index is 1180. The molecule has 0 saturated heterocycles. The lowest BCUT2D eigenvalue weighted by molar-refractivity contribution is -0.140. The SMILES string of the molecule is Nc1nc2[nH]cc(CCc3ccc(C(=O)N[C@@H](CCC(=O)O)C(=O)O)cc3)c2c(=O)[nH]1.O. The molecular weight excluding hydrogens is 422 g/mol. The van der Waals surface area contributed by atoms with E-state index in [1.165, 1.54) is 0 Å². The van der Waals surface area contributed by atoms with Gasteiger partial charge in [-0.3, -0.25) is 19.4 Å². The standard InChI is InChI=1S/C20H21N5O6.H2O/c21-20-24-16-15(18(29)25-20)12(9-22-16)6-3-10-1-4-11(5-2-10)17(28)23-13(19(30)31)7-8-14(26)27;/h1-2,4-5,9,13H,3,6-8H2,(H,23,28)(H,26,27)(H,30,31)(H4,21,22,24,25,29);1H2/t13-;/m0./s1. The highest BCUT2D eigenvalue weighted by Crippen LogP contribution is 2.16. The maximum Gasteiger partial charge on any atom is 0.326 e. The summed E-state index contributed by atoms with van der Waals surface area (Å²) in [5, 5.41) is 20.6. The van der Waals surface area contributed by atoms with E-state index in [9.17, 15) is 19.2 Å². The molecule has 32 heavy (non-hydrogen) atoms. The molecule has 0 aliphatic carbocycles. The minimum atomic E-state index is -1.30. The summed E-state index contributed by atoms with van der Waals surface area (Å²) in [5.74, 6) is -3.00. The zero-order chi connectivity index (χ0) is 22.5. The van der Waals surface area contributed by atoms with Crippen LogP contribution in [-0.2, 0) is 22.4 Å². The molecular formula is C20H23N5O7. The van der Waals surface area contributed by atoms with Crippen LogP contribution in [0.3, 0.4) is 0 Å². The Morgan fingerprint density at radius 3 is 2.44 bits per heavy atom. The lowest BCUT2D eigenvalue weighted by Gasteiger charge is -2.13. The molecule has 2 heterocycles. The molecule has 9 N–H and O–H groups in total. The summed E-state index contributed by atoms with van der Waals surface area (Å²) in [5.41, 5.74) is 7.59. The number of carbonyl (C=O) groups excluding carboxylic acids is 1. The van der Waals surface area contributed by atoms with E-state index in [0.717, 1.165) is 11.1 Å². The van der Waals surface area contributed by atoms with Gasteiger partial charge in [0.1, 0.15) is 11.7 Å². The van der Waals surface area contributed by atoms with Gasteiger partial charge in [0.05, 0.1) is 5.39 Å². The van der Waals surface area contributed by atoms with Gasteiger partial charge in [-0.1, -0.05) is 12.1 Å². The number of aryl methyl sites for hydroxylation is 2. The number of fused-ring (bicyclic) bond motifs is 1. The summed E-state index contributed by atoms with van der Waals surface area (Å²) in [6.45, 7) is 0. The van der Waals surface area contributed by atoms with Crippen molar-refractivity contribution >= 4 is 34.8 Å². The molecule has 12 heteroatoms. The van der Waals surface area contributed by atoms with Crippen molar-refractivity contribution in [3.05, 3.63) is 57.5 Å². The van der Waals surface area contributed by atoms with Crippen LogP contribution in [0, 0.1) is 0 Å². The van der Waals surface area contributed by atoms with Crippen molar-refractivity contribution < 1.29 is 30.1 Å². The number of aromatic amines is 2. The molecule has 0 spiro atoms. The molecule has 3 rings (SSSR count). The number of hydrogen-bond donors (Lipinski definition) is 6. The molecule has 0 aliphatic rings. The van der Waals surface area contributed by atoms with Gasteiger partial charge in [-0.05, 0) is 42.5 Å². The van der Waals surface area contributed by atoms with Crippen LogP contribution in [-0.4, -0.2) is 54.5 Å². The Kier molecular flexibility index (Phi) is 7.69. The third-order valence-corrected chi connectivity index (χ3v) is 4.79. The van der Waals surface area contributed by atoms with Crippen LogP contribution in [0.15, 0.2) is 35.3 Å². The average Bonchev–Trinajstić information content (AvgIpc) is 3.12. The molecule has 0 fully saturated rings. The number of H-pyrrole nitrogens is 2. The first-order chi connectivity index (χ1) is 14.7. The molecule has 12 nitrogen and oxygen atoms in total. The largest absolute Gasteiger partial charge is 0.481 e. The van der Waals surface area contributed by atoms with E-state index in [-0.39, 0.29) is 35.4 Å². The highest BCUT2D eigenvalue weighted by atomic mass is 16.4. The van der Waals surface area contributed by atoms with Crippen LogP contribution < -0.4 is 16.6 Å². The minimum absolute atomic E-state index is 0. The van der Waals surface area contributed by atoms with E-state index in [0.29, 0.717) is 23.9 Å². The van der Waals surface area contributed by atoms with Crippen molar-refractivity contribution in [2.75, 3.05) is 5.73 Å². The molecule has 0 bridgehead atoms. The number of carboxylic acids is 2. The van der Waals surface area contributed by atoms with Gasteiger partial charge >= 0.3 is 11.9 Å². The fourth-order valence-corrected chi connectivity index (χ4v) is 3.19. The number of nitrogens with two attached hydrogens (primary N) is 1. The predicted molar refractivity (Wildman–Crippen MR) is 114 cm³/mol. The van der Waals surface area contributed by atoms with E-state index in [2.05, 4.69) is 20.3 Å². The molecule has 1 atom stereocenters. The zero-order valence-electron chi connectivity index (χ0n) is 16.8. The van der Waals surface area contributed by atoms with Gasteiger partial charge in [0.2, 0.25) is 5.95 Å². The molecule has 0 saturated carbocycles. The van der Waals surface area contributed by atoms with Crippen molar-refractivity contribution in [3.8, 4) is 0 Å². The second-order valence-corrected chi connectivity index (χ2v) is 6.98. The number of aromatic nitrogens is 3. The first-order valence-electron chi connectivity index (χ1n) is 9.44. The maximum absolute atomic E-state index is 12.3. The van der Waals surface area contributed by atoms with Crippen molar-refractivity contribution in [2.24, 2.45) is 0 Å². The molecule has 2 aromatic heterocycles. The third-order valence-electron chi connectivity index (χ3n) is 4.79. The lowest BCUT2D eigenvalue weighted by atomic mass is 10.0. The van der Waals surface area contributed by atoms with E-state index in [1.807, 2.05) is 0 Å². The van der Waals surface area contributed by atoms with Gasteiger partial charge < -0.3 is 31.7 Å². The number of nitrogen functional groups attached to an aromatic ring is 1. The number of carboxylic acid groups (broad SMARTS) is 2. The summed E-state index contributed by atoms with van der Waals surface area (Å²) in [4.78, 5) is 55.7. The van der Waals surface area contributed by atoms with Gasteiger partial charge in [0.25, 0.3) is 11.5 Å². The number of nitrogens with one attached hydrogen (secondary N) is 3. The predicted octanol–water partition coefficient (Wildman–Crippen LogP) is -0.158. The smallest absolute Gasteiger partial charge is 0.326 e. The maximum atomic E-state index is 12.3. The zero-order valence-corrected chi connectivity index (χ0v) is 16.8. The summed E-state index contributed by atoms with van der Waals surface area (Å²) in [7, 11) is 0. The van der Waals surface area contributed by atoms with Gasteiger partial charge in [0, 0.05) is 18.2 Å². The third kappa shape index (κ3) is 5.70. The minimum Gasteiger partial charge on any atom is -0.481 e. The quantitative estimate of drug-likeness (QED) is 0.259. The van der Waals surface area contributed by atoms with E-state index >= 15 is 0 Å². The van der Waals surface area contributed by atoms with Crippen LogP contribution in [0.5, 0.6) is 0 Å². The van der Waals surface area contributed by atoms with E-state index < -0.39 is 23.9 Å². The fraction of sp³-hybridized carbons (Fsp3) is 0.250. The first-order valence-corrected chi connectivity index (χ1v) is 9.44. The van der Waals surface area contributed by atoms with E-state index in [4.69, 9.17) is 15.9 Å². The van der Waals surface area contributed by atoms with Gasteiger partial charge in [-0.2, -0.15) is 4.98 Å². The summed E-state index contributed by atoms with van der Waals surface area (Å²) in [6.07, 6.45) is 2.27. The lowest BCUT2D eigenvalue weighted by Crippen LogP contribution is -2.41. The molecule has 3 aromatic rings. The van der Waals surface area contributed by atoms with Crippen molar-refractivity contribution in [1.82, 2.24) is 20.3 Å². The van der Waals surface area contributed by atoms with Crippen molar-refractivity contribution in [2.45, 2.75) is 31.7 Å². The van der Waals surface area contributed by atoms with Gasteiger partial charge in [-0.25, -0.2) is 4.79 Å². The highest BCUT2D eigenvalue weighted by Gasteiger charge is 2.21. The highest BCUT2D eigenvalue weighted by molar-refractivity contribution is 5.96. The number of rotatable bonds is 9. The second kappa shape index (κ2) is 10.2. The summed E-state index contributed by atoms with van der Waals surface area (Å²) in [6, 6.07) is 5.30. The number of nitrogens with zero attached hydrogens (tertiary/aromatic N) is 1. The van der Waals surface area contributed by atoms with Crippen molar-refractivity contribution in [3.63, 3.8) is 0 Å². The molecule has 0 unspecified atom stereocenters. The van der Waals surface area contributed by atoms with Crippen LogP contribution in [0.2, 0.25) is 0 Å². The van der Waals surface area contributed by atoms with Gasteiger partial charge in [-0.15, -0.1) is 0 Å². The van der Waals surface area contributed by atoms with Crippen LogP contribution in [0.4, 0.5) is 5.95 Å². The Morgan fingerprint density at radius 2 is 1.81 bits per heavy atom. The van der Waals surface area contributed by atoms with Crippen LogP contribution in [0.1, 0.15) is 34.3 Å². The normalized spacial score (nSPS) is 11.5.